The maximum Gasteiger partial charge on any atom is 0.270 e. The molecule has 4 rings (SSSR count). The van der Waals surface area contributed by atoms with Crippen LogP contribution in [-0.2, 0) is 6.54 Å². The Hall–Kier alpha value is -3.48. The molecule has 172 valence electrons. The van der Waals surface area contributed by atoms with Crippen LogP contribution in [0.3, 0.4) is 0 Å². The van der Waals surface area contributed by atoms with Crippen LogP contribution in [0.2, 0.25) is 0 Å². The molecule has 0 amide bonds. The first kappa shape index (κ1) is 22.7. The zero-order chi connectivity index (χ0) is 24.0. The molecule has 0 bridgehead atoms. The molecule has 11 heteroatoms. The van der Waals surface area contributed by atoms with E-state index in [0.29, 0.717) is 11.1 Å². The van der Waals surface area contributed by atoms with Crippen molar-refractivity contribution in [2.24, 2.45) is 0 Å². The quantitative estimate of drug-likeness (QED) is 0.182. The van der Waals surface area contributed by atoms with Crippen molar-refractivity contribution in [3.63, 3.8) is 0 Å². The molecule has 1 heterocycles. The summed E-state index contributed by atoms with van der Waals surface area (Å²) in [6.45, 7) is -1.47. The van der Waals surface area contributed by atoms with Gasteiger partial charge in [0.25, 0.3) is 11.2 Å². The Labute approximate surface area is 185 Å². The van der Waals surface area contributed by atoms with Gasteiger partial charge in [0.15, 0.2) is 5.78 Å². The van der Waals surface area contributed by atoms with Crippen molar-refractivity contribution in [2.45, 2.75) is 31.0 Å². The Kier molecular flexibility index (Phi) is 5.82. The van der Waals surface area contributed by atoms with E-state index in [2.05, 4.69) is 0 Å². The SMILES string of the molecule is O=C1c2ccccc2-c2c1c1ccc([N+](=O)[O-])cc1c(=O)n2C[C@H](O)[C@@H](O)[C@H](O)[C@H](O)CO. The lowest BCUT2D eigenvalue weighted by Crippen LogP contribution is -2.48. The highest BCUT2D eigenvalue weighted by atomic mass is 16.6. The molecule has 4 atom stereocenters. The second-order valence-electron chi connectivity index (χ2n) is 7.80. The summed E-state index contributed by atoms with van der Waals surface area (Å²) in [6, 6.07) is 10.0. The zero-order valence-corrected chi connectivity index (χ0v) is 17.0. The van der Waals surface area contributed by atoms with Gasteiger partial charge in [-0.05, 0) is 6.07 Å². The highest BCUT2D eigenvalue weighted by Gasteiger charge is 2.35. The summed E-state index contributed by atoms with van der Waals surface area (Å²) in [6.07, 6.45) is -7.38. The number of non-ortho nitro benzene ring substituents is 1. The fraction of sp³-hybridized carbons (Fsp3) is 0.273. The van der Waals surface area contributed by atoms with E-state index < -0.39 is 53.8 Å². The number of aliphatic hydroxyl groups excluding tert-OH is 5. The summed E-state index contributed by atoms with van der Waals surface area (Å²) in [5.41, 5.74) is -0.106. The highest BCUT2D eigenvalue weighted by molar-refractivity contribution is 6.26. The van der Waals surface area contributed by atoms with Gasteiger partial charge in [0, 0.05) is 28.6 Å². The van der Waals surface area contributed by atoms with E-state index in [9.17, 15) is 40.1 Å². The maximum atomic E-state index is 13.4. The number of aromatic nitrogens is 1. The van der Waals surface area contributed by atoms with Gasteiger partial charge in [-0.3, -0.25) is 19.7 Å². The van der Waals surface area contributed by atoms with Crippen LogP contribution in [0.1, 0.15) is 15.9 Å². The fourth-order valence-corrected chi connectivity index (χ4v) is 4.11. The molecule has 33 heavy (non-hydrogen) atoms. The van der Waals surface area contributed by atoms with E-state index in [-0.39, 0.29) is 27.7 Å². The van der Waals surface area contributed by atoms with Crippen molar-refractivity contribution in [1.29, 1.82) is 0 Å². The van der Waals surface area contributed by atoms with E-state index in [0.717, 1.165) is 10.6 Å². The summed E-state index contributed by atoms with van der Waals surface area (Å²) in [5.74, 6) is -0.404. The van der Waals surface area contributed by atoms with Crippen molar-refractivity contribution < 1.29 is 35.3 Å². The van der Waals surface area contributed by atoms with Gasteiger partial charge < -0.3 is 30.1 Å². The molecule has 0 radical (unpaired) electrons. The molecule has 0 unspecified atom stereocenters. The van der Waals surface area contributed by atoms with E-state index in [4.69, 9.17) is 5.11 Å². The van der Waals surface area contributed by atoms with Crippen molar-refractivity contribution in [2.75, 3.05) is 6.61 Å². The molecule has 0 saturated carbocycles. The number of hydrogen-bond donors (Lipinski definition) is 5. The normalized spacial score (nSPS) is 16.2. The van der Waals surface area contributed by atoms with Gasteiger partial charge in [0.1, 0.15) is 24.4 Å². The zero-order valence-electron chi connectivity index (χ0n) is 17.0. The van der Waals surface area contributed by atoms with Crippen molar-refractivity contribution in [3.8, 4) is 11.3 Å². The molecule has 0 saturated heterocycles. The summed E-state index contributed by atoms with van der Waals surface area (Å²) in [4.78, 5) is 37.1. The Morgan fingerprint density at radius 1 is 0.909 bits per heavy atom. The van der Waals surface area contributed by atoms with Crippen molar-refractivity contribution >= 4 is 22.2 Å². The number of nitrogens with zero attached hydrogens (tertiary/aromatic N) is 2. The second kappa shape index (κ2) is 8.46. The van der Waals surface area contributed by atoms with Crippen LogP contribution in [0, 0.1) is 10.1 Å². The average molecular weight is 456 g/mol. The summed E-state index contributed by atoms with van der Waals surface area (Å²) in [7, 11) is 0. The van der Waals surface area contributed by atoms with E-state index >= 15 is 0 Å². The van der Waals surface area contributed by atoms with E-state index in [1.54, 1.807) is 24.3 Å². The Balaban J connectivity index is 1.94. The van der Waals surface area contributed by atoms with E-state index in [1.165, 1.54) is 12.1 Å². The maximum absolute atomic E-state index is 13.4. The number of ketones is 1. The predicted molar refractivity (Wildman–Crippen MR) is 115 cm³/mol. The molecule has 1 aliphatic carbocycles. The lowest BCUT2D eigenvalue weighted by molar-refractivity contribution is -0.384. The molecule has 0 spiro atoms. The third-order valence-corrected chi connectivity index (χ3v) is 5.81. The third-order valence-electron chi connectivity index (χ3n) is 5.81. The minimum absolute atomic E-state index is 0.123. The minimum Gasteiger partial charge on any atom is -0.394 e. The number of hydrogen-bond acceptors (Lipinski definition) is 9. The van der Waals surface area contributed by atoms with Gasteiger partial charge in [-0.1, -0.05) is 24.3 Å². The topological polar surface area (TPSA) is 183 Å². The molecule has 2 aromatic carbocycles. The smallest absolute Gasteiger partial charge is 0.270 e. The van der Waals surface area contributed by atoms with Crippen LogP contribution in [0.25, 0.3) is 22.0 Å². The summed E-state index contributed by atoms with van der Waals surface area (Å²) >= 11 is 0. The number of aliphatic hydroxyl groups is 5. The molecular formula is C22H20N2O9. The predicted octanol–water partition coefficient (Wildman–Crippen LogP) is -0.443. The fourth-order valence-electron chi connectivity index (χ4n) is 4.11. The first-order valence-corrected chi connectivity index (χ1v) is 9.99. The van der Waals surface area contributed by atoms with Crippen LogP contribution in [-0.4, -0.2) is 71.8 Å². The number of benzene rings is 2. The highest BCUT2D eigenvalue weighted by Crippen LogP contribution is 2.39. The van der Waals surface area contributed by atoms with Crippen molar-refractivity contribution in [1.82, 2.24) is 4.57 Å². The Morgan fingerprint density at radius 2 is 1.55 bits per heavy atom. The lowest BCUT2D eigenvalue weighted by atomic mass is 10.0. The molecule has 5 N–H and O–H groups in total. The van der Waals surface area contributed by atoms with E-state index in [1.807, 2.05) is 0 Å². The van der Waals surface area contributed by atoms with Crippen LogP contribution in [0.4, 0.5) is 5.69 Å². The number of nitro benzene ring substituents is 1. The second-order valence-corrected chi connectivity index (χ2v) is 7.80. The molecule has 0 fully saturated rings. The monoisotopic (exact) mass is 456 g/mol. The van der Waals surface area contributed by atoms with Crippen LogP contribution in [0.15, 0.2) is 47.3 Å². The first-order valence-electron chi connectivity index (χ1n) is 9.99. The number of nitro groups is 1. The number of carbonyl (C=O) groups excluding carboxylic acids is 1. The molecule has 0 aliphatic heterocycles. The van der Waals surface area contributed by atoms with Crippen LogP contribution in [0.5, 0.6) is 0 Å². The van der Waals surface area contributed by atoms with Gasteiger partial charge in [0.2, 0.25) is 0 Å². The van der Waals surface area contributed by atoms with Gasteiger partial charge in [-0.15, -0.1) is 0 Å². The molecule has 1 aliphatic rings. The third kappa shape index (κ3) is 3.61. The van der Waals surface area contributed by atoms with Gasteiger partial charge in [-0.2, -0.15) is 0 Å². The van der Waals surface area contributed by atoms with Gasteiger partial charge >= 0.3 is 0 Å². The van der Waals surface area contributed by atoms with Gasteiger partial charge in [-0.25, -0.2) is 0 Å². The number of pyridine rings is 1. The summed E-state index contributed by atoms with van der Waals surface area (Å²) in [5, 5.41) is 60.5. The molecule has 3 aromatic rings. The standard InChI is InChI=1S/C22H20N2O9/c25-9-16(27)21(30)20(29)15(26)8-23-18-12-3-1-2-4-13(12)19(28)17(18)11-6-5-10(24(32)33)7-14(11)22(23)31/h1-7,15-16,20-21,25-27,29-30H,8-9H2/t15-,16+,20+,21+/m0/s1. The average Bonchev–Trinajstić information content (AvgIpc) is 3.12. The van der Waals surface area contributed by atoms with Crippen LogP contribution < -0.4 is 5.56 Å². The molecular weight excluding hydrogens is 436 g/mol. The number of carbonyl (C=O) groups is 1. The van der Waals surface area contributed by atoms with Gasteiger partial charge in [0.05, 0.1) is 34.7 Å². The first-order chi connectivity index (χ1) is 15.7. The molecule has 11 nitrogen and oxygen atoms in total. The number of rotatable bonds is 7. The van der Waals surface area contributed by atoms with Crippen LogP contribution >= 0.6 is 0 Å². The largest absolute Gasteiger partial charge is 0.394 e. The minimum atomic E-state index is -1.94. The summed E-state index contributed by atoms with van der Waals surface area (Å²) < 4.78 is 1.02. The molecule has 1 aromatic heterocycles. The number of fused-ring (bicyclic) bond motifs is 5. The lowest BCUT2D eigenvalue weighted by Gasteiger charge is -2.27. The van der Waals surface area contributed by atoms with Crippen molar-refractivity contribution in [3.05, 3.63) is 74.1 Å². The Bertz CT molecular complexity index is 1330. The Morgan fingerprint density at radius 3 is 2.18 bits per heavy atom.